The molecule has 0 heterocycles. The first kappa shape index (κ1) is 21.4. The fourth-order valence-corrected chi connectivity index (χ4v) is 3.82. The summed E-state index contributed by atoms with van der Waals surface area (Å²) in [6, 6.07) is 25.0. The van der Waals surface area contributed by atoms with Crippen LogP contribution in [0.15, 0.2) is 89.8 Å². The second kappa shape index (κ2) is 10.5. The number of nitrogens with one attached hydrogen (secondary N) is 1. The van der Waals surface area contributed by atoms with E-state index in [9.17, 15) is 13.2 Å². The van der Waals surface area contributed by atoms with E-state index in [-0.39, 0.29) is 29.7 Å². The average molecular weight is 426 g/mol. The predicted molar refractivity (Wildman–Crippen MR) is 114 cm³/mol. The van der Waals surface area contributed by atoms with Gasteiger partial charge in [0.15, 0.2) is 16.4 Å². The number of hydrogen-bond donors (Lipinski definition) is 1. The third-order valence-corrected chi connectivity index (χ3v) is 5.97. The van der Waals surface area contributed by atoms with E-state index in [4.69, 9.17) is 9.47 Å². The molecule has 3 aromatic carbocycles. The molecule has 156 valence electrons. The summed E-state index contributed by atoms with van der Waals surface area (Å²) in [7, 11) is -3.42. The van der Waals surface area contributed by atoms with Crippen LogP contribution in [-0.4, -0.2) is 33.2 Å². The fourth-order valence-electron chi connectivity index (χ4n) is 2.64. The first-order valence-corrected chi connectivity index (χ1v) is 11.1. The summed E-state index contributed by atoms with van der Waals surface area (Å²) in [4.78, 5) is 12.2. The molecule has 0 aliphatic heterocycles. The maximum Gasteiger partial charge on any atom is 0.257 e. The highest BCUT2D eigenvalue weighted by atomic mass is 32.2. The van der Waals surface area contributed by atoms with E-state index >= 15 is 0 Å². The summed E-state index contributed by atoms with van der Waals surface area (Å²) in [5.74, 6) is 0.662. The van der Waals surface area contributed by atoms with Crippen molar-refractivity contribution in [2.75, 3.05) is 18.9 Å². The van der Waals surface area contributed by atoms with Gasteiger partial charge in [-0.2, -0.15) is 0 Å². The topological polar surface area (TPSA) is 81.7 Å². The molecule has 0 spiro atoms. The number of benzene rings is 3. The maximum absolute atomic E-state index is 12.2. The minimum Gasteiger partial charge on any atom is -0.489 e. The highest BCUT2D eigenvalue weighted by Crippen LogP contribution is 2.18. The van der Waals surface area contributed by atoms with Gasteiger partial charge in [0.2, 0.25) is 0 Å². The molecule has 7 heteroatoms. The molecule has 0 bridgehead atoms. The van der Waals surface area contributed by atoms with Gasteiger partial charge in [-0.25, -0.2) is 8.42 Å². The van der Waals surface area contributed by atoms with Crippen LogP contribution in [0.3, 0.4) is 0 Å². The van der Waals surface area contributed by atoms with Crippen LogP contribution in [0.4, 0.5) is 0 Å². The Morgan fingerprint density at radius 1 is 0.767 bits per heavy atom. The molecule has 3 rings (SSSR count). The van der Waals surface area contributed by atoms with Crippen molar-refractivity contribution in [1.82, 2.24) is 5.32 Å². The quantitative estimate of drug-likeness (QED) is 0.539. The lowest BCUT2D eigenvalue weighted by Crippen LogP contribution is -2.32. The van der Waals surface area contributed by atoms with Gasteiger partial charge in [-0.1, -0.05) is 48.5 Å². The van der Waals surface area contributed by atoms with Gasteiger partial charge in [0, 0.05) is 6.54 Å². The van der Waals surface area contributed by atoms with Crippen LogP contribution in [0, 0.1) is 0 Å². The highest BCUT2D eigenvalue weighted by Gasteiger charge is 2.14. The molecule has 0 aliphatic carbocycles. The summed E-state index contributed by atoms with van der Waals surface area (Å²) in [5.41, 5.74) is 1.07. The number of ether oxygens (including phenoxy) is 2. The van der Waals surface area contributed by atoms with Crippen LogP contribution in [-0.2, 0) is 21.2 Å². The number of sulfone groups is 1. The highest BCUT2D eigenvalue weighted by molar-refractivity contribution is 7.91. The van der Waals surface area contributed by atoms with Crippen molar-refractivity contribution < 1.29 is 22.7 Å². The molecule has 0 aliphatic rings. The lowest BCUT2D eigenvalue weighted by atomic mass is 10.2. The first-order valence-electron chi connectivity index (χ1n) is 9.47. The molecule has 1 N–H and O–H groups in total. The second-order valence-corrected chi connectivity index (χ2v) is 8.63. The minimum absolute atomic E-state index is 0.0195. The van der Waals surface area contributed by atoms with E-state index in [1.54, 1.807) is 42.5 Å². The first-order chi connectivity index (χ1) is 14.5. The normalized spacial score (nSPS) is 10.9. The summed E-state index contributed by atoms with van der Waals surface area (Å²) >= 11 is 0. The Labute approximate surface area is 176 Å². The van der Waals surface area contributed by atoms with E-state index in [1.807, 2.05) is 30.3 Å². The largest absolute Gasteiger partial charge is 0.489 e. The molecule has 30 heavy (non-hydrogen) atoms. The van der Waals surface area contributed by atoms with Gasteiger partial charge >= 0.3 is 0 Å². The standard InChI is InChI=1S/C23H23NO5S/c25-23(24-15-16-30(26,27)22-9-5-2-6-10-22)18-29-21-13-11-20(12-14-21)28-17-19-7-3-1-4-8-19/h1-14H,15-18H2,(H,24,25). The van der Waals surface area contributed by atoms with Crippen LogP contribution >= 0.6 is 0 Å². The van der Waals surface area contributed by atoms with Crippen molar-refractivity contribution in [2.45, 2.75) is 11.5 Å². The smallest absolute Gasteiger partial charge is 0.257 e. The second-order valence-electron chi connectivity index (χ2n) is 6.52. The van der Waals surface area contributed by atoms with Crippen LogP contribution in [0.5, 0.6) is 11.5 Å². The van der Waals surface area contributed by atoms with Crippen LogP contribution < -0.4 is 14.8 Å². The number of rotatable bonds is 10. The number of carbonyl (C=O) groups excluding carboxylic acids is 1. The van der Waals surface area contributed by atoms with E-state index in [0.29, 0.717) is 18.1 Å². The lowest BCUT2D eigenvalue weighted by Gasteiger charge is -2.10. The lowest BCUT2D eigenvalue weighted by molar-refractivity contribution is -0.122. The molecule has 0 atom stereocenters. The van der Waals surface area contributed by atoms with Crippen molar-refractivity contribution in [3.8, 4) is 11.5 Å². The molecule has 3 aromatic rings. The Morgan fingerprint density at radius 3 is 1.97 bits per heavy atom. The summed E-state index contributed by atoms with van der Waals surface area (Å²) in [6.07, 6.45) is 0. The van der Waals surface area contributed by atoms with Crippen molar-refractivity contribution in [3.05, 3.63) is 90.5 Å². The van der Waals surface area contributed by atoms with Gasteiger partial charge in [0.25, 0.3) is 5.91 Å². The van der Waals surface area contributed by atoms with Crippen molar-refractivity contribution >= 4 is 15.7 Å². The Morgan fingerprint density at radius 2 is 1.33 bits per heavy atom. The summed E-state index contributed by atoms with van der Waals surface area (Å²) < 4.78 is 35.5. The van der Waals surface area contributed by atoms with Crippen LogP contribution in [0.1, 0.15) is 5.56 Å². The summed E-state index contributed by atoms with van der Waals surface area (Å²) in [6.45, 7) is 0.288. The van der Waals surface area contributed by atoms with Gasteiger partial charge < -0.3 is 14.8 Å². The molecule has 0 unspecified atom stereocenters. The Bertz CT molecular complexity index is 1040. The summed E-state index contributed by atoms with van der Waals surface area (Å²) in [5, 5.41) is 2.56. The zero-order chi connectivity index (χ0) is 21.2. The monoisotopic (exact) mass is 425 g/mol. The third-order valence-electron chi connectivity index (χ3n) is 4.24. The molecule has 0 fully saturated rings. The van der Waals surface area contributed by atoms with Crippen LogP contribution in [0.25, 0.3) is 0 Å². The van der Waals surface area contributed by atoms with E-state index in [1.165, 1.54) is 12.1 Å². The molecule has 0 saturated carbocycles. The average Bonchev–Trinajstić information content (AvgIpc) is 2.78. The minimum atomic E-state index is -3.42. The molecule has 1 amide bonds. The van der Waals surface area contributed by atoms with Gasteiger partial charge in [-0.15, -0.1) is 0 Å². The number of amides is 1. The molecule has 0 radical (unpaired) electrons. The molecular formula is C23H23NO5S. The van der Waals surface area contributed by atoms with Crippen molar-refractivity contribution in [2.24, 2.45) is 0 Å². The molecule has 0 aromatic heterocycles. The number of carbonyl (C=O) groups is 1. The number of hydrogen-bond acceptors (Lipinski definition) is 5. The van der Waals surface area contributed by atoms with Crippen molar-refractivity contribution in [3.63, 3.8) is 0 Å². The Balaban J connectivity index is 1.38. The SMILES string of the molecule is O=C(COc1ccc(OCc2ccccc2)cc1)NCCS(=O)(=O)c1ccccc1. The maximum atomic E-state index is 12.2. The van der Waals surface area contributed by atoms with Crippen LogP contribution in [0.2, 0.25) is 0 Å². The Kier molecular flexibility index (Phi) is 7.45. The van der Waals surface area contributed by atoms with E-state index in [2.05, 4.69) is 5.32 Å². The zero-order valence-corrected chi connectivity index (χ0v) is 17.2. The van der Waals surface area contributed by atoms with Gasteiger partial charge in [-0.05, 0) is 42.0 Å². The Hall–Kier alpha value is -3.32. The fraction of sp³-hybridized carbons (Fsp3) is 0.174. The van der Waals surface area contributed by atoms with Gasteiger partial charge in [-0.3, -0.25) is 4.79 Å². The molecule has 0 saturated heterocycles. The van der Waals surface area contributed by atoms with E-state index < -0.39 is 9.84 Å². The zero-order valence-electron chi connectivity index (χ0n) is 16.4. The molecular weight excluding hydrogens is 402 g/mol. The molecule has 6 nitrogen and oxygen atoms in total. The van der Waals surface area contributed by atoms with E-state index in [0.717, 1.165) is 5.56 Å². The van der Waals surface area contributed by atoms with Gasteiger partial charge in [0.05, 0.1) is 10.6 Å². The third kappa shape index (κ3) is 6.63. The predicted octanol–water partition coefficient (Wildman–Crippen LogP) is 3.23. The van der Waals surface area contributed by atoms with Gasteiger partial charge in [0.1, 0.15) is 18.1 Å². The van der Waals surface area contributed by atoms with Crippen molar-refractivity contribution in [1.29, 1.82) is 0 Å².